The van der Waals surface area contributed by atoms with E-state index < -0.39 is 0 Å². The summed E-state index contributed by atoms with van der Waals surface area (Å²) in [6.07, 6.45) is 4.27. The summed E-state index contributed by atoms with van der Waals surface area (Å²) in [6.45, 7) is 2.43. The maximum absolute atomic E-state index is 5.65. The van der Waals surface area contributed by atoms with E-state index >= 15 is 0 Å². The summed E-state index contributed by atoms with van der Waals surface area (Å²) in [5.74, 6) is 0.946. The molecule has 0 aliphatic heterocycles. The third kappa shape index (κ3) is 6.96. The Kier molecular flexibility index (Phi) is 7.42. The van der Waals surface area contributed by atoms with Gasteiger partial charge in [-0.15, -0.1) is 0 Å². The van der Waals surface area contributed by atoms with Gasteiger partial charge >= 0.3 is 0 Å². The molecule has 0 saturated carbocycles. The summed E-state index contributed by atoms with van der Waals surface area (Å²) >= 11 is 0. The Morgan fingerprint density at radius 2 is 1.24 bits per heavy atom. The van der Waals surface area contributed by atoms with Gasteiger partial charge in [-0.25, -0.2) is 0 Å². The molecule has 0 fully saturated rings. The Labute approximate surface area is 127 Å². The monoisotopic (exact) mass is 284 g/mol. The van der Waals surface area contributed by atoms with Crippen molar-refractivity contribution in [1.29, 1.82) is 0 Å². The van der Waals surface area contributed by atoms with Gasteiger partial charge in [-0.2, -0.15) is 0 Å². The predicted octanol–water partition coefficient (Wildman–Crippen LogP) is 4.50. The number of unbranched alkanes of at least 4 members (excludes halogenated alkanes) is 1. The van der Waals surface area contributed by atoms with E-state index in [9.17, 15) is 0 Å². The molecule has 0 spiro atoms. The standard InChI is InChI=1S/C19H24O2/c1-3-10-18(11-4-1)12-9-16-20-15-7-8-17-21-19-13-5-2-6-14-19/h1-6,10-11,13-14H,7-9,12,15-17H2. The van der Waals surface area contributed by atoms with Gasteiger partial charge in [0.05, 0.1) is 6.61 Å². The second-order valence-electron chi connectivity index (χ2n) is 5.07. The van der Waals surface area contributed by atoms with Crippen LogP contribution in [0.5, 0.6) is 5.75 Å². The number of benzene rings is 2. The van der Waals surface area contributed by atoms with Gasteiger partial charge in [-0.05, 0) is 43.4 Å². The molecular weight excluding hydrogens is 260 g/mol. The van der Waals surface area contributed by atoms with E-state index in [0.29, 0.717) is 0 Å². The molecule has 0 radical (unpaired) electrons. The molecule has 0 unspecified atom stereocenters. The third-order valence-corrected chi connectivity index (χ3v) is 3.29. The first kappa shape index (κ1) is 15.6. The maximum atomic E-state index is 5.65. The molecule has 2 heteroatoms. The number of aryl methyl sites for hydroxylation is 1. The number of hydrogen-bond acceptors (Lipinski definition) is 2. The number of para-hydroxylation sites is 1. The zero-order chi connectivity index (χ0) is 14.6. The number of ether oxygens (including phenoxy) is 2. The highest BCUT2D eigenvalue weighted by atomic mass is 16.5. The molecule has 0 aliphatic rings. The smallest absolute Gasteiger partial charge is 0.119 e. The van der Waals surface area contributed by atoms with Crippen molar-refractivity contribution in [2.75, 3.05) is 19.8 Å². The Bertz CT molecular complexity index is 422. The topological polar surface area (TPSA) is 18.5 Å². The van der Waals surface area contributed by atoms with E-state index in [1.165, 1.54) is 5.56 Å². The van der Waals surface area contributed by atoms with Crippen LogP contribution in [0, 0.1) is 0 Å². The number of hydrogen-bond donors (Lipinski definition) is 0. The Morgan fingerprint density at radius 1 is 0.619 bits per heavy atom. The van der Waals surface area contributed by atoms with Gasteiger partial charge in [-0.3, -0.25) is 0 Å². The van der Waals surface area contributed by atoms with Gasteiger partial charge in [0.1, 0.15) is 5.75 Å². The van der Waals surface area contributed by atoms with Crippen LogP contribution in [0.1, 0.15) is 24.8 Å². The van der Waals surface area contributed by atoms with Gasteiger partial charge in [0.15, 0.2) is 0 Å². The van der Waals surface area contributed by atoms with Crippen molar-refractivity contribution in [2.24, 2.45) is 0 Å². The summed E-state index contributed by atoms with van der Waals surface area (Å²) in [6, 6.07) is 20.5. The van der Waals surface area contributed by atoms with Crippen LogP contribution in [0.3, 0.4) is 0 Å². The van der Waals surface area contributed by atoms with Crippen molar-refractivity contribution in [1.82, 2.24) is 0 Å². The lowest BCUT2D eigenvalue weighted by atomic mass is 10.1. The molecule has 2 nitrogen and oxygen atoms in total. The van der Waals surface area contributed by atoms with Crippen LogP contribution in [-0.4, -0.2) is 19.8 Å². The van der Waals surface area contributed by atoms with E-state index in [0.717, 1.165) is 51.3 Å². The maximum Gasteiger partial charge on any atom is 0.119 e. The number of rotatable bonds is 10. The van der Waals surface area contributed by atoms with Crippen molar-refractivity contribution in [3.8, 4) is 5.75 Å². The Morgan fingerprint density at radius 3 is 2.00 bits per heavy atom. The lowest BCUT2D eigenvalue weighted by Crippen LogP contribution is -2.02. The minimum Gasteiger partial charge on any atom is -0.494 e. The highest BCUT2D eigenvalue weighted by Crippen LogP contribution is 2.09. The molecule has 0 atom stereocenters. The second-order valence-corrected chi connectivity index (χ2v) is 5.07. The average molecular weight is 284 g/mol. The first-order valence-electron chi connectivity index (χ1n) is 7.75. The summed E-state index contributed by atoms with van der Waals surface area (Å²) in [4.78, 5) is 0. The molecule has 0 heterocycles. The molecular formula is C19H24O2. The van der Waals surface area contributed by atoms with Crippen molar-refractivity contribution in [2.45, 2.75) is 25.7 Å². The van der Waals surface area contributed by atoms with Gasteiger partial charge in [0, 0.05) is 13.2 Å². The zero-order valence-electron chi connectivity index (χ0n) is 12.5. The van der Waals surface area contributed by atoms with Gasteiger partial charge in [0.25, 0.3) is 0 Å². The van der Waals surface area contributed by atoms with Crippen LogP contribution in [-0.2, 0) is 11.2 Å². The van der Waals surface area contributed by atoms with Crippen molar-refractivity contribution in [3.63, 3.8) is 0 Å². The average Bonchev–Trinajstić information content (AvgIpc) is 2.55. The molecule has 0 amide bonds. The minimum absolute atomic E-state index is 0.761. The molecule has 2 rings (SSSR count). The Balaban J connectivity index is 1.40. The molecule has 0 aromatic heterocycles. The van der Waals surface area contributed by atoms with Crippen molar-refractivity contribution in [3.05, 3.63) is 66.2 Å². The van der Waals surface area contributed by atoms with Crippen LogP contribution in [0.2, 0.25) is 0 Å². The first-order chi connectivity index (χ1) is 10.4. The highest BCUT2D eigenvalue weighted by molar-refractivity contribution is 5.20. The second kappa shape index (κ2) is 10.0. The largest absolute Gasteiger partial charge is 0.494 e. The fourth-order valence-electron chi connectivity index (χ4n) is 2.14. The predicted molar refractivity (Wildman–Crippen MR) is 86.8 cm³/mol. The van der Waals surface area contributed by atoms with Gasteiger partial charge in [-0.1, -0.05) is 48.5 Å². The molecule has 112 valence electrons. The molecule has 0 aliphatic carbocycles. The van der Waals surface area contributed by atoms with E-state index in [4.69, 9.17) is 9.47 Å². The summed E-state index contributed by atoms with van der Waals surface area (Å²) in [5.41, 5.74) is 1.39. The van der Waals surface area contributed by atoms with Crippen LogP contribution >= 0.6 is 0 Å². The quantitative estimate of drug-likeness (QED) is 0.598. The lowest BCUT2D eigenvalue weighted by molar-refractivity contribution is 0.124. The van der Waals surface area contributed by atoms with E-state index in [-0.39, 0.29) is 0 Å². The minimum atomic E-state index is 0.761. The SMILES string of the molecule is c1ccc(CCCOCCCCOc2ccccc2)cc1. The summed E-state index contributed by atoms with van der Waals surface area (Å²) in [5, 5.41) is 0. The molecule has 0 N–H and O–H groups in total. The van der Waals surface area contributed by atoms with Crippen LogP contribution < -0.4 is 4.74 Å². The van der Waals surface area contributed by atoms with Crippen LogP contribution in [0.4, 0.5) is 0 Å². The fraction of sp³-hybridized carbons (Fsp3) is 0.368. The molecule has 2 aromatic carbocycles. The summed E-state index contributed by atoms with van der Waals surface area (Å²) < 4.78 is 11.3. The van der Waals surface area contributed by atoms with Crippen molar-refractivity contribution < 1.29 is 9.47 Å². The first-order valence-corrected chi connectivity index (χ1v) is 7.75. The van der Waals surface area contributed by atoms with E-state index in [1.807, 2.05) is 30.3 Å². The zero-order valence-corrected chi connectivity index (χ0v) is 12.5. The van der Waals surface area contributed by atoms with Gasteiger partial charge in [0.2, 0.25) is 0 Å². The van der Waals surface area contributed by atoms with E-state index in [1.54, 1.807) is 0 Å². The summed E-state index contributed by atoms with van der Waals surface area (Å²) in [7, 11) is 0. The third-order valence-electron chi connectivity index (χ3n) is 3.29. The van der Waals surface area contributed by atoms with Gasteiger partial charge < -0.3 is 9.47 Å². The highest BCUT2D eigenvalue weighted by Gasteiger charge is 1.95. The van der Waals surface area contributed by atoms with Crippen LogP contribution in [0.15, 0.2) is 60.7 Å². The van der Waals surface area contributed by atoms with Crippen LogP contribution in [0.25, 0.3) is 0 Å². The lowest BCUT2D eigenvalue weighted by Gasteiger charge is -2.06. The molecule has 21 heavy (non-hydrogen) atoms. The molecule has 2 aromatic rings. The van der Waals surface area contributed by atoms with E-state index in [2.05, 4.69) is 30.3 Å². The molecule has 0 saturated heterocycles. The normalized spacial score (nSPS) is 10.5. The van der Waals surface area contributed by atoms with Crippen molar-refractivity contribution >= 4 is 0 Å². The fourth-order valence-corrected chi connectivity index (χ4v) is 2.14. The molecule has 0 bridgehead atoms. The Hall–Kier alpha value is -1.80.